The smallest absolute Gasteiger partial charge is 0.247 e. The molecule has 0 saturated carbocycles. The number of benzene rings is 2. The number of rotatable bonds is 10. The molecule has 0 unspecified atom stereocenters. The number of nitrogens with zero attached hydrogens (tertiary/aromatic N) is 6. The van der Waals surface area contributed by atoms with Crippen molar-refractivity contribution in [3.63, 3.8) is 0 Å². The van der Waals surface area contributed by atoms with E-state index in [2.05, 4.69) is 54.4 Å². The van der Waals surface area contributed by atoms with Gasteiger partial charge in [0.15, 0.2) is 5.82 Å². The second-order valence-electron chi connectivity index (χ2n) is 11.6. The van der Waals surface area contributed by atoms with Crippen LogP contribution in [0.5, 0.6) is 5.75 Å². The third-order valence-electron chi connectivity index (χ3n) is 8.16. The van der Waals surface area contributed by atoms with E-state index in [-0.39, 0.29) is 29.4 Å². The van der Waals surface area contributed by atoms with E-state index < -0.39 is 0 Å². The lowest BCUT2D eigenvalue weighted by molar-refractivity contribution is -0.111. The number of hydrogen-bond acceptors (Lipinski definition) is 10. The SMILES string of the molecule is C=CC(=O)Nc1cc(N2CCC(N3CCC(C#N)CC3)CC2)ccc1Nc1ncc(C#N)c(Nc2ccccc2OC(C)C)n1. The molecule has 3 heterocycles. The maximum Gasteiger partial charge on any atom is 0.247 e. The van der Waals surface area contributed by atoms with Gasteiger partial charge in [0.1, 0.15) is 17.4 Å². The van der Waals surface area contributed by atoms with Crippen LogP contribution in [0, 0.1) is 28.6 Å². The maximum absolute atomic E-state index is 12.4. The fourth-order valence-corrected chi connectivity index (χ4v) is 5.80. The first-order valence-electron chi connectivity index (χ1n) is 15.4. The first kappa shape index (κ1) is 31.3. The average Bonchev–Trinajstić information content (AvgIpc) is 3.06. The van der Waals surface area contributed by atoms with Crippen molar-refractivity contribution in [2.45, 2.75) is 51.7 Å². The molecular formula is C34H39N9O2. The number of piperidine rings is 2. The molecule has 1 amide bonds. The van der Waals surface area contributed by atoms with Gasteiger partial charge in [0, 0.05) is 30.7 Å². The van der Waals surface area contributed by atoms with Crippen molar-refractivity contribution in [3.8, 4) is 17.9 Å². The Kier molecular flexibility index (Phi) is 10.1. The van der Waals surface area contributed by atoms with Crippen LogP contribution < -0.4 is 25.6 Å². The van der Waals surface area contributed by atoms with Crippen LogP contribution in [0.15, 0.2) is 61.3 Å². The molecule has 3 aromatic rings. The number of hydrogen-bond donors (Lipinski definition) is 3. The van der Waals surface area contributed by atoms with Crippen LogP contribution >= 0.6 is 0 Å². The van der Waals surface area contributed by atoms with Crippen LogP contribution in [0.4, 0.5) is 34.5 Å². The number of aromatic nitrogens is 2. The van der Waals surface area contributed by atoms with Gasteiger partial charge in [0.05, 0.1) is 35.4 Å². The van der Waals surface area contributed by atoms with Crippen LogP contribution in [0.3, 0.4) is 0 Å². The zero-order chi connectivity index (χ0) is 31.8. The van der Waals surface area contributed by atoms with Crippen LogP contribution in [0.1, 0.15) is 45.1 Å². The lowest BCUT2D eigenvalue weighted by Gasteiger charge is -2.41. The van der Waals surface area contributed by atoms with Crippen molar-refractivity contribution in [1.82, 2.24) is 14.9 Å². The summed E-state index contributed by atoms with van der Waals surface area (Å²) in [5, 5.41) is 28.3. The molecule has 2 aliphatic rings. The fraction of sp³-hybridized carbons (Fsp3) is 0.382. The number of para-hydroxylation sites is 2. The number of carbonyl (C=O) groups is 1. The first-order valence-corrected chi connectivity index (χ1v) is 15.4. The standard InChI is InChI=1S/C34H39N9O2/c1-4-32(44)38-30-19-27(43-17-13-26(14-18-43)42-15-11-24(20-35)12-16-42)9-10-28(30)40-34-37-22-25(21-36)33(41-34)39-29-7-5-6-8-31(29)45-23(2)3/h4-10,19,22-24,26H,1,11-18H2,2-3H3,(H,38,44)(H2,37,39,40,41). The van der Waals surface area contributed by atoms with Crippen LogP contribution in [0.2, 0.25) is 0 Å². The summed E-state index contributed by atoms with van der Waals surface area (Å²) >= 11 is 0. The first-order chi connectivity index (χ1) is 21.9. The highest BCUT2D eigenvalue weighted by Crippen LogP contribution is 2.34. The summed E-state index contributed by atoms with van der Waals surface area (Å²) < 4.78 is 5.92. The monoisotopic (exact) mass is 605 g/mol. The summed E-state index contributed by atoms with van der Waals surface area (Å²) in [6.45, 7) is 11.3. The number of likely N-dealkylation sites (tertiary alicyclic amines) is 1. The highest BCUT2D eigenvalue weighted by atomic mass is 16.5. The van der Waals surface area contributed by atoms with E-state index in [1.165, 1.54) is 12.3 Å². The molecule has 2 aliphatic heterocycles. The lowest BCUT2D eigenvalue weighted by Crippen LogP contribution is -2.47. The summed E-state index contributed by atoms with van der Waals surface area (Å²) in [5.41, 5.74) is 3.12. The number of nitriles is 2. The van der Waals surface area contributed by atoms with Gasteiger partial charge in [-0.3, -0.25) is 4.79 Å². The molecule has 45 heavy (non-hydrogen) atoms. The van der Waals surface area contributed by atoms with Crippen molar-refractivity contribution in [2.75, 3.05) is 47.0 Å². The maximum atomic E-state index is 12.4. The molecule has 0 bridgehead atoms. The van der Waals surface area contributed by atoms with E-state index in [1.807, 2.05) is 56.3 Å². The molecular weight excluding hydrogens is 566 g/mol. The molecule has 0 atom stereocenters. The number of nitrogens with one attached hydrogen (secondary N) is 3. The summed E-state index contributed by atoms with van der Waals surface area (Å²) in [6.07, 6.45) is 6.66. The van der Waals surface area contributed by atoms with E-state index >= 15 is 0 Å². The molecule has 0 radical (unpaired) electrons. The van der Waals surface area contributed by atoms with Gasteiger partial charge in [0.2, 0.25) is 11.9 Å². The second-order valence-corrected chi connectivity index (χ2v) is 11.6. The number of ether oxygens (including phenoxy) is 1. The largest absolute Gasteiger partial charge is 0.489 e. The molecule has 11 nitrogen and oxygen atoms in total. The number of amides is 1. The summed E-state index contributed by atoms with van der Waals surface area (Å²) in [5.74, 6) is 1.07. The molecule has 5 rings (SSSR count). The minimum atomic E-state index is -0.334. The van der Waals surface area contributed by atoms with E-state index in [4.69, 9.17) is 4.74 Å². The summed E-state index contributed by atoms with van der Waals surface area (Å²) in [6, 6.07) is 18.4. The minimum Gasteiger partial charge on any atom is -0.489 e. The predicted octanol–water partition coefficient (Wildman–Crippen LogP) is 5.95. The Bertz CT molecular complexity index is 1590. The topological polar surface area (TPSA) is 142 Å². The predicted molar refractivity (Wildman–Crippen MR) is 176 cm³/mol. The lowest BCUT2D eigenvalue weighted by atomic mass is 9.94. The Morgan fingerprint density at radius 1 is 1.02 bits per heavy atom. The Labute approximate surface area is 264 Å². The molecule has 3 N–H and O–H groups in total. The molecule has 0 spiro atoms. The van der Waals surface area contributed by atoms with Crippen molar-refractivity contribution < 1.29 is 9.53 Å². The Balaban J connectivity index is 1.33. The van der Waals surface area contributed by atoms with Gasteiger partial charge in [-0.25, -0.2) is 4.98 Å². The fourth-order valence-electron chi connectivity index (χ4n) is 5.80. The normalized spacial score (nSPS) is 16.0. The second kappa shape index (κ2) is 14.6. The molecule has 2 aromatic carbocycles. The van der Waals surface area contributed by atoms with Gasteiger partial charge in [-0.1, -0.05) is 18.7 Å². The minimum absolute atomic E-state index is 0.0301. The van der Waals surface area contributed by atoms with Crippen LogP contribution in [-0.2, 0) is 4.79 Å². The molecule has 11 heteroatoms. The molecule has 2 saturated heterocycles. The van der Waals surface area contributed by atoms with E-state index in [1.54, 1.807) is 0 Å². The van der Waals surface area contributed by atoms with Crippen molar-refractivity contribution in [2.24, 2.45) is 5.92 Å². The molecule has 1 aromatic heterocycles. The Hall–Kier alpha value is -5.13. The average molecular weight is 606 g/mol. The zero-order valence-corrected chi connectivity index (χ0v) is 25.8. The molecule has 232 valence electrons. The number of anilines is 6. The highest BCUT2D eigenvalue weighted by molar-refractivity contribution is 6.02. The highest BCUT2D eigenvalue weighted by Gasteiger charge is 2.28. The van der Waals surface area contributed by atoms with Gasteiger partial charge >= 0.3 is 0 Å². The van der Waals surface area contributed by atoms with E-state index in [9.17, 15) is 15.3 Å². The summed E-state index contributed by atoms with van der Waals surface area (Å²) in [4.78, 5) is 26.2. The van der Waals surface area contributed by atoms with Gasteiger partial charge in [0.25, 0.3) is 0 Å². The Morgan fingerprint density at radius 3 is 2.47 bits per heavy atom. The Morgan fingerprint density at radius 2 is 1.78 bits per heavy atom. The van der Waals surface area contributed by atoms with Crippen LogP contribution in [0.25, 0.3) is 0 Å². The zero-order valence-electron chi connectivity index (χ0n) is 25.8. The van der Waals surface area contributed by atoms with Crippen molar-refractivity contribution >= 4 is 40.4 Å². The van der Waals surface area contributed by atoms with E-state index in [0.29, 0.717) is 34.7 Å². The third kappa shape index (κ3) is 7.88. The van der Waals surface area contributed by atoms with Gasteiger partial charge in [-0.15, -0.1) is 0 Å². The molecule has 0 aliphatic carbocycles. The third-order valence-corrected chi connectivity index (χ3v) is 8.16. The van der Waals surface area contributed by atoms with Crippen molar-refractivity contribution in [3.05, 3.63) is 66.9 Å². The van der Waals surface area contributed by atoms with Crippen LogP contribution in [-0.4, -0.2) is 59.1 Å². The van der Waals surface area contributed by atoms with Crippen molar-refractivity contribution in [1.29, 1.82) is 10.5 Å². The van der Waals surface area contributed by atoms with Gasteiger partial charge in [-0.05, 0) is 89.0 Å². The number of carbonyl (C=O) groups excluding carboxylic acids is 1. The quantitative estimate of drug-likeness (QED) is 0.237. The molecule has 2 fully saturated rings. The van der Waals surface area contributed by atoms with Gasteiger partial charge < -0.3 is 30.5 Å². The van der Waals surface area contributed by atoms with Gasteiger partial charge in [-0.2, -0.15) is 15.5 Å². The summed E-state index contributed by atoms with van der Waals surface area (Å²) in [7, 11) is 0. The van der Waals surface area contributed by atoms with E-state index in [0.717, 1.165) is 57.5 Å².